The second-order valence-corrected chi connectivity index (χ2v) is 14.4. The van der Waals surface area contributed by atoms with E-state index in [0.717, 1.165) is 71.2 Å². The van der Waals surface area contributed by atoms with Crippen molar-refractivity contribution in [2.75, 3.05) is 30.3 Å². The molecule has 2 aromatic carbocycles. The molecule has 1 atom stereocenters. The largest absolute Gasteiger partial charge is 0.481 e. The van der Waals surface area contributed by atoms with Crippen LogP contribution in [0.15, 0.2) is 65.9 Å². The van der Waals surface area contributed by atoms with Gasteiger partial charge in [-0.25, -0.2) is 0 Å². The number of aliphatic hydroxyl groups excluding tert-OH is 2. The molecule has 3 heterocycles. The predicted molar refractivity (Wildman–Crippen MR) is 201 cm³/mol. The zero-order chi connectivity index (χ0) is 37.2. The molecule has 53 heavy (non-hydrogen) atoms. The number of pyridine rings is 2. The van der Waals surface area contributed by atoms with Gasteiger partial charge in [0.2, 0.25) is 0 Å². The molecule has 0 bridgehead atoms. The molecule has 0 radical (unpaired) electrons. The van der Waals surface area contributed by atoms with Crippen LogP contribution in [0.4, 0.5) is 11.4 Å². The summed E-state index contributed by atoms with van der Waals surface area (Å²) in [5, 5.41) is 34.3. The highest BCUT2D eigenvalue weighted by atomic mass is 16.4. The van der Waals surface area contributed by atoms with Gasteiger partial charge >= 0.3 is 5.97 Å². The standard InChI is InChI=1S/C41H44N6O6/c1-23-31(5-3-7-35(23)45-39(50)37-13-33(25-9-10-25)27(17-43-37)15-42-16-29(22-48)41(52)53)32-6-4-8-36(24(32)2)46-40(51)38-14-34(26-11-12-26)28(18-44-38)19-47-20-30(49)21-47/h3-8,13-14,16-18,25-26,29-30,48-49H,9-12,15,19-22H2,1-2H3,(H,45,50)(H,46,51)(H,52,53). The number of carboxylic acids is 1. The van der Waals surface area contributed by atoms with Crippen molar-refractivity contribution in [3.05, 3.63) is 106 Å². The average molecular weight is 717 g/mol. The Morgan fingerprint density at radius 1 is 0.849 bits per heavy atom. The van der Waals surface area contributed by atoms with Crippen molar-refractivity contribution in [1.82, 2.24) is 14.9 Å². The van der Waals surface area contributed by atoms with Gasteiger partial charge in [-0.2, -0.15) is 0 Å². The number of β-amino-alcohol motifs (C(OH)–C–C–N with tert-alkyl or cyclic N) is 1. The maximum Gasteiger partial charge on any atom is 0.314 e. The molecule has 1 aliphatic heterocycles. The minimum absolute atomic E-state index is 0.208. The van der Waals surface area contributed by atoms with Crippen LogP contribution < -0.4 is 10.6 Å². The molecule has 3 aliphatic rings. The molecule has 274 valence electrons. The third kappa shape index (κ3) is 8.20. The van der Waals surface area contributed by atoms with Crippen molar-refractivity contribution in [3.8, 4) is 11.1 Å². The quantitative estimate of drug-likeness (QED) is 0.106. The van der Waals surface area contributed by atoms with Crippen molar-refractivity contribution in [2.24, 2.45) is 10.9 Å². The number of hydrogen-bond donors (Lipinski definition) is 5. The molecule has 2 amide bonds. The monoisotopic (exact) mass is 716 g/mol. The van der Waals surface area contributed by atoms with Crippen LogP contribution in [0, 0.1) is 19.8 Å². The van der Waals surface area contributed by atoms with Gasteiger partial charge in [-0.3, -0.25) is 34.2 Å². The van der Waals surface area contributed by atoms with Crippen molar-refractivity contribution in [2.45, 2.75) is 70.6 Å². The first-order valence-electron chi connectivity index (χ1n) is 18.1. The number of nitrogens with one attached hydrogen (secondary N) is 2. The molecule has 5 N–H and O–H groups in total. The number of benzene rings is 2. The van der Waals surface area contributed by atoms with E-state index >= 15 is 0 Å². The van der Waals surface area contributed by atoms with Crippen LogP contribution >= 0.6 is 0 Å². The van der Waals surface area contributed by atoms with Gasteiger partial charge in [0.25, 0.3) is 11.8 Å². The maximum absolute atomic E-state index is 13.5. The van der Waals surface area contributed by atoms with Crippen LogP contribution in [-0.4, -0.2) is 80.0 Å². The number of hydrogen-bond acceptors (Lipinski definition) is 9. The molecule has 4 aromatic rings. The molecular weight excluding hydrogens is 672 g/mol. The van der Waals surface area contributed by atoms with E-state index in [9.17, 15) is 24.6 Å². The topological polar surface area (TPSA) is 177 Å². The lowest BCUT2D eigenvalue weighted by Gasteiger charge is -2.36. The highest BCUT2D eigenvalue weighted by molar-refractivity contribution is 6.05. The Morgan fingerprint density at radius 2 is 1.36 bits per heavy atom. The zero-order valence-electron chi connectivity index (χ0n) is 29.9. The van der Waals surface area contributed by atoms with Crippen molar-refractivity contribution in [1.29, 1.82) is 0 Å². The number of anilines is 2. The zero-order valence-corrected chi connectivity index (χ0v) is 29.9. The molecular formula is C41H44N6O6. The Kier molecular flexibility index (Phi) is 10.5. The minimum atomic E-state index is -1.14. The first-order chi connectivity index (χ1) is 25.6. The number of nitrogens with zero attached hydrogens (tertiary/aromatic N) is 4. The Hall–Kier alpha value is -5.30. The number of carboxylic acid groups (broad SMARTS) is 1. The predicted octanol–water partition coefficient (Wildman–Crippen LogP) is 5.46. The van der Waals surface area contributed by atoms with Crippen LogP contribution in [0.3, 0.4) is 0 Å². The van der Waals surface area contributed by atoms with Crippen molar-refractivity contribution < 1.29 is 29.7 Å². The maximum atomic E-state index is 13.5. The fourth-order valence-electron chi connectivity index (χ4n) is 6.94. The number of aliphatic carboxylic acids is 1. The fraction of sp³-hybridized carbons (Fsp3) is 0.366. The number of aromatic nitrogens is 2. The summed E-state index contributed by atoms with van der Waals surface area (Å²) in [5.41, 5.74) is 9.60. The molecule has 12 nitrogen and oxygen atoms in total. The Bertz CT molecular complexity index is 2090. The van der Waals surface area contributed by atoms with Gasteiger partial charge in [0.05, 0.1) is 19.3 Å². The summed E-state index contributed by atoms with van der Waals surface area (Å²) in [6.45, 7) is 5.63. The molecule has 12 heteroatoms. The Morgan fingerprint density at radius 3 is 1.83 bits per heavy atom. The SMILES string of the molecule is Cc1c(NC(=O)c2cc(C3CC3)c(CN=CC(CO)C(=O)O)cn2)cccc1-c1cccc(NC(=O)c2cc(C3CC3)c(CN3CC(O)C3)cn2)c1C. The molecule has 0 spiro atoms. The number of carbonyl (C=O) groups is 3. The molecule has 3 fully saturated rings. The number of aliphatic hydroxyl groups is 2. The van der Waals surface area contributed by atoms with Crippen LogP contribution in [0.5, 0.6) is 0 Å². The lowest BCUT2D eigenvalue weighted by Crippen LogP contribution is -2.49. The molecule has 2 saturated carbocycles. The normalized spacial score (nSPS) is 16.7. The summed E-state index contributed by atoms with van der Waals surface area (Å²) in [4.78, 5) is 53.6. The third-order valence-corrected chi connectivity index (χ3v) is 10.4. The van der Waals surface area contributed by atoms with Gasteiger partial charge in [0.15, 0.2) is 0 Å². The van der Waals surface area contributed by atoms with E-state index in [1.54, 1.807) is 12.3 Å². The van der Waals surface area contributed by atoms with Crippen LogP contribution in [-0.2, 0) is 17.9 Å². The lowest BCUT2D eigenvalue weighted by atomic mass is 9.94. The number of likely N-dealkylation sites (tertiary alicyclic amines) is 1. The molecule has 1 unspecified atom stereocenters. The second-order valence-electron chi connectivity index (χ2n) is 14.4. The van der Waals surface area contributed by atoms with E-state index < -0.39 is 18.5 Å². The first kappa shape index (κ1) is 36.1. The highest BCUT2D eigenvalue weighted by Crippen LogP contribution is 2.43. The molecule has 2 aliphatic carbocycles. The minimum Gasteiger partial charge on any atom is -0.481 e. The van der Waals surface area contributed by atoms with Gasteiger partial charge in [-0.05, 0) is 120 Å². The van der Waals surface area contributed by atoms with Gasteiger partial charge in [-0.1, -0.05) is 24.3 Å². The van der Waals surface area contributed by atoms with E-state index in [4.69, 9.17) is 5.11 Å². The van der Waals surface area contributed by atoms with Crippen LogP contribution in [0.25, 0.3) is 11.1 Å². The van der Waals surface area contributed by atoms with E-state index in [2.05, 4.69) is 30.5 Å². The Labute approximate surface area is 308 Å². The smallest absolute Gasteiger partial charge is 0.314 e. The fourth-order valence-corrected chi connectivity index (χ4v) is 6.94. The van der Waals surface area contributed by atoms with Gasteiger partial charge in [0.1, 0.15) is 17.3 Å². The van der Waals surface area contributed by atoms with Crippen LogP contribution in [0.1, 0.15) is 91.9 Å². The summed E-state index contributed by atoms with van der Waals surface area (Å²) >= 11 is 0. The number of aliphatic imine (C=N–C) groups is 1. The van der Waals surface area contributed by atoms with Crippen LogP contribution in [0.2, 0.25) is 0 Å². The molecule has 1 saturated heterocycles. The summed E-state index contributed by atoms with van der Waals surface area (Å²) < 4.78 is 0. The van der Waals surface area contributed by atoms with Gasteiger partial charge < -0.3 is 26.0 Å². The summed E-state index contributed by atoms with van der Waals surface area (Å²) in [7, 11) is 0. The van der Waals surface area contributed by atoms with Gasteiger partial charge in [-0.15, -0.1) is 0 Å². The van der Waals surface area contributed by atoms with E-state index in [0.29, 0.717) is 42.0 Å². The molecule has 7 rings (SSSR count). The lowest BCUT2D eigenvalue weighted by molar-refractivity contribution is -0.140. The Balaban J connectivity index is 1.06. The summed E-state index contributed by atoms with van der Waals surface area (Å²) in [5.74, 6) is -2.10. The summed E-state index contributed by atoms with van der Waals surface area (Å²) in [6, 6.07) is 15.2. The first-order valence-corrected chi connectivity index (χ1v) is 18.1. The summed E-state index contributed by atoms with van der Waals surface area (Å²) in [6.07, 6.45) is 8.59. The van der Waals surface area contributed by atoms with E-state index in [-0.39, 0.29) is 30.2 Å². The van der Waals surface area contributed by atoms with Crippen molar-refractivity contribution >= 4 is 35.4 Å². The number of amides is 2. The van der Waals surface area contributed by atoms with E-state index in [1.165, 1.54) is 11.8 Å². The highest BCUT2D eigenvalue weighted by Gasteiger charge is 2.31. The third-order valence-electron chi connectivity index (χ3n) is 10.4. The molecule has 2 aromatic heterocycles. The average Bonchev–Trinajstić information content (AvgIpc) is 4.06. The van der Waals surface area contributed by atoms with Crippen molar-refractivity contribution in [3.63, 3.8) is 0 Å². The van der Waals surface area contributed by atoms with E-state index in [1.807, 2.05) is 62.5 Å². The number of carbonyl (C=O) groups excluding carboxylic acids is 2. The van der Waals surface area contributed by atoms with Gasteiger partial charge in [0, 0.05) is 49.6 Å². The number of rotatable bonds is 14. The second kappa shape index (κ2) is 15.4.